The molecule has 5 nitrogen and oxygen atoms in total. The number of nitrogens with one attached hydrogen (secondary N) is 1. The molecular weight excluding hydrogens is 426 g/mol. The summed E-state index contributed by atoms with van der Waals surface area (Å²) < 4.78 is 17.8. The number of rotatable bonds is 7. The average molecular weight is 450 g/mol. The molecule has 0 aliphatic heterocycles. The van der Waals surface area contributed by atoms with Gasteiger partial charge >= 0.3 is 0 Å². The normalized spacial score (nSPS) is 10.8. The van der Waals surface area contributed by atoms with Crippen LogP contribution in [0.5, 0.6) is 17.2 Å². The molecule has 0 atom stereocenters. The highest BCUT2D eigenvalue weighted by Gasteiger charge is 2.14. The van der Waals surface area contributed by atoms with Crippen LogP contribution < -0.4 is 14.8 Å². The molecule has 4 aromatic carbocycles. The topological polar surface area (TPSA) is 75.7 Å². The van der Waals surface area contributed by atoms with Gasteiger partial charge in [0.1, 0.15) is 35.7 Å². The van der Waals surface area contributed by atoms with Crippen molar-refractivity contribution in [1.29, 1.82) is 5.41 Å². The Bertz CT molecular complexity index is 1460. The molecule has 0 spiro atoms. The fourth-order valence-electron chi connectivity index (χ4n) is 3.66. The van der Waals surface area contributed by atoms with Crippen molar-refractivity contribution in [3.63, 3.8) is 0 Å². The fourth-order valence-corrected chi connectivity index (χ4v) is 3.66. The standard InChI is InChI=1S/C29H23NO4/c30-27-25-16-15-24(33-19-21-9-5-2-6-10-21)17-26(25)34-29(28(27)31)22-11-13-23(14-12-22)32-18-20-7-3-1-4-8-20/h1-17,30-31H,18-19H2. The zero-order valence-electron chi connectivity index (χ0n) is 18.4. The molecule has 1 aromatic heterocycles. The molecule has 34 heavy (non-hydrogen) atoms. The van der Waals surface area contributed by atoms with Crippen molar-refractivity contribution in [3.8, 4) is 28.6 Å². The summed E-state index contributed by atoms with van der Waals surface area (Å²) in [6.07, 6.45) is 0. The second-order valence-electron chi connectivity index (χ2n) is 7.89. The SMILES string of the molecule is N=c1c(O)c(-c2ccc(OCc3ccccc3)cc2)oc2cc(OCc3ccccc3)ccc12. The molecule has 2 N–H and O–H groups in total. The Labute approximate surface area is 197 Å². The highest BCUT2D eigenvalue weighted by atomic mass is 16.5. The summed E-state index contributed by atoms with van der Waals surface area (Å²) in [5.74, 6) is 1.35. The van der Waals surface area contributed by atoms with Crippen LogP contribution in [-0.4, -0.2) is 5.11 Å². The lowest BCUT2D eigenvalue weighted by atomic mass is 10.1. The molecule has 0 aliphatic carbocycles. The second-order valence-corrected chi connectivity index (χ2v) is 7.89. The number of hydrogen-bond acceptors (Lipinski definition) is 5. The van der Waals surface area contributed by atoms with Crippen LogP contribution in [0.25, 0.3) is 22.3 Å². The average Bonchev–Trinajstić information content (AvgIpc) is 2.90. The van der Waals surface area contributed by atoms with Gasteiger partial charge in [0.25, 0.3) is 0 Å². The van der Waals surface area contributed by atoms with Gasteiger partial charge in [-0.15, -0.1) is 0 Å². The summed E-state index contributed by atoms with van der Waals surface area (Å²) in [4.78, 5) is 0. The van der Waals surface area contributed by atoms with E-state index in [0.717, 1.165) is 11.1 Å². The Morgan fingerprint density at radius 1 is 0.676 bits per heavy atom. The molecule has 0 bridgehead atoms. The van der Waals surface area contributed by atoms with Gasteiger partial charge in [0.15, 0.2) is 11.5 Å². The molecule has 0 unspecified atom stereocenters. The van der Waals surface area contributed by atoms with Crippen molar-refractivity contribution in [2.24, 2.45) is 0 Å². The van der Waals surface area contributed by atoms with Gasteiger partial charge in [0, 0.05) is 17.0 Å². The quantitative estimate of drug-likeness (QED) is 0.300. The Morgan fingerprint density at radius 3 is 1.85 bits per heavy atom. The molecular formula is C29H23NO4. The van der Waals surface area contributed by atoms with Crippen LogP contribution in [0.2, 0.25) is 0 Å². The van der Waals surface area contributed by atoms with Crippen LogP contribution in [0.3, 0.4) is 0 Å². The van der Waals surface area contributed by atoms with Gasteiger partial charge in [0.05, 0.1) is 0 Å². The summed E-state index contributed by atoms with van der Waals surface area (Å²) in [5.41, 5.74) is 3.25. The lowest BCUT2D eigenvalue weighted by Gasteiger charge is -2.11. The van der Waals surface area contributed by atoms with E-state index in [0.29, 0.717) is 41.2 Å². The third-order valence-corrected chi connectivity index (χ3v) is 5.50. The minimum atomic E-state index is -0.205. The van der Waals surface area contributed by atoms with Crippen LogP contribution in [0.15, 0.2) is 108 Å². The largest absolute Gasteiger partial charge is 0.503 e. The molecule has 5 heteroatoms. The van der Waals surface area contributed by atoms with Crippen molar-refractivity contribution >= 4 is 11.0 Å². The molecule has 5 rings (SSSR count). The van der Waals surface area contributed by atoms with Gasteiger partial charge in [0.2, 0.25) is 0 Å². The van der Waals surface area contributed by atoms with E-state index in [1.54, 1.807) is 30.3 Å². The maximum absolute atomic E-state index is 10.6. The zero-order valence-corrected chi connectivity index (χ0v) is 18.4. The molecule has 0 fully saturated rings. The van der Waals surface area contributed by atoms with Gasteiger partial charge in [-0.05, 0) is 47.5 Å². The van der Waals surface area contributed by atoms with Crippen molar-refractivity contribution in [2.45, 2.75) is 13.2 Å². The first-order valence-corrected chi connectivity index (χ1v) is 11.0. The maximum Gasteiger partial charge on any atom is 0.185 e. The first-order chi connectivity index (χ1) is 16.7. The van der Waals surface area contributed by atoms with Gasteiger partial charge in [-0.25, -0.2) is 0 Å². The lowest BCUT2D eigenvalue weighted by Crippen LogP contribution is -2.03. The van der Waals surface area contributed by atoms with E-state index in [-0.39, 0.29) is 16.9 Å². The minimum absolute atomic E-state index is 0.00950. The highest BCUT2D eigenvalue weighted by molar-refractivity contribution is 5.82. The molecule has 0 aliphatic rings. The zero-order chi connectivity index (χ0) is 23.3. The Hall–Kier alpha value is -4.51. The third-order valence-electron chi connectivity index (χ3n) is 5.50. The van der Waals surface area contributed by atoms with E-state index >= 15 is 0 Å². The lowest BCUT2D eigenvalue weighted by molar-refractivity contribution is 0.306. The van der Waals surface area contributed by atoms with Crippen molar-refractivity contribution in [1.82, 2.24) is 0 Å². The second kappa shape index (κ2) is 9.55. The number of fused-ring (bicyclic) bond motifs is 1. The highest BCUT2D eigenvalue weighted by Crippen LogP contribution is 2.32. The Balaban J connectivity index is 1.38. The number of benzene rings is 4. The van der Waals surface area contributed by atoms with E-state index in [9.17, 15) is 5.11 Å². The summed E-state index contributed by atoms with van der Waals surface area (Å²) in [6.45, 7) is 0.893. The van der Waals surface area contributed by atoms with Gasteiger partial charge in [-0.1, -0.05) is 60.7 Å². The predicted octanol–water partition coefficient (Wildman–Crippen LogP) is 6.44. The Morgan fingerprint density at radius 2 is 1.24 bits per heavy atom. The summed E-state index contributed by atoms with van der Waals surface area (Å²) in [6, 6.07) is 32.3. The van der Waals surface area contributed by atoms with E-state index in [1.807, 2.05) is 72.8 Å². The number of ether oxygens (including phenoxy) is 2. The van der Waals surface area contributed by atoms with E-state index in [4.69, 9.17) is 19.3 Å². The van der Waals surface area contributed by atoms with Crippen molar-refractivity contribution in [3.05, 3.63) is 120 Å². The van der Waals surface area contributed by atoms with E-state index in [2.05, 4.69) is 0 Å². The molecule has 1 heterocycles. The van der Waals surface area contributed by atoms with E-state index in [1.165, 1.54) is 0 Å². The van der Waals surface area contributed by atoms with Gasteiger partial charge in [-0.2, -0.15) is 0 Å². The summed E-state index contributed by atoms with van der Waals surface area (Å²) >= 11 is 0. The molecule has 5 aromatic rings. The molecule has 0 radical (unpaired) electrons. The Kier molecular flexibility index (Phi) is 5.99. The van der Waals surface area contributed by atoms with Crippen LogP contribution in [0.4, 0.5) is 0 Å². The number of hydrogen-bond donors (Lipinski definition) is 2. The van der Waals surface area contributed by atoms with Crippen molar-refractivity contribution < 1.29 is 19.0 Å². The summed E-state index contributed by atoms with van der Waals surface area (Å²) in [5, 5.41) is 19.6. The molecule has 0 saturated carbocycles. The molecule has 0 amide bonds. The van der Waals surface area contributed by atoms with Gasteiger partial charge < -0.3 is 19.0 Å². The van der Waals surface area contributed by atoms with E-state index < -0.39 is 0 Å². The monoisotopic (exact) mass is 449 g/mol. The van der Waals surface area contributed by atoms with Crippen LogP contribution in [-0.2, 0) is 13.2 Å². The van der Waals surface area contributed by atoms with Crippen LogP contribution in [0, 0.1) is 5.41 Å². The first-order valence-electron chi connectivity index (χ1n) is 11.0. The smallest absolute Gasteiger partial charge is 0.185 e. The first kappa shape index (κ1) is 21.3. The van der Waals surface area contributed by atoms with Crippen molar-refractivity contribution in [2.75, 3.05) is 0 Å². The van der Waals surface area contributed by atoms with Crippen LogP contribution >= 0.6 is 0 Å². The molecule has 168 valence electrons. The van der Waals surface area contributed by atoms with Gasteiger partial charge in [-0.3, -0.25) is 5.41 Å². The summed E-state index contributed by atoms with van der Waals surface area (Å²) in [7, 11) is 0. The van der Waals surface area contributed by atoms with Crippen LogP contribution in [0.1, 0.15) is 11.1 Å². The number of aromatic hydroxyl groups is 1. The third kappa shape index (κ3) is 4.64. The predicted molar refractivity (Wildman–Crippen MR) is 131 cm³/mol. The maximum atomic E-state index is 10.6. The molecule has 0 saturated heterocycles. The minimum Gasteiger partial charge on any atom is -0.503 e. The fraction of sp³-hybridized carbons (Fsp3) is 0.0690.